The van der Waals surface area contributed by atoms with Crippen molar-refractivity contribution in [3.05, 3.63) is 81.6 Å². The molecule has 11 nitrogen and oxygen atoms in total. The van der Waals surface area contributed by atoms with Crippen molar-refractivity contribution in [3.63, 3.8) is 0 Å². The number of hydrogen-bond donors (Lipinski definition) is 2. The normalized spacial score (nSPS) is 21.1. The molecule has 4 rings (SSSR count). The number of aromatic amines is 1. The number of nitrogens with one attached hydrogen (secondary N) is 1. The summed E-state index contributed by atoms with van der Waals surface area (Å²) >= 11 is 5.57. The van der Waals surface area contributed by atoms with E-state index in [-0.39, 0.29) is 11.5 Å². The molecule has 1 fully saturated rings. The molecular formula is C24H25F2N2O9PS. The number of rotatable bonds is 11. The lowest BCUT2D eigenvalue weighted by atomic mass is 10.0. The van der Waals surface area contributed by atoms with Gasteiger partial charge in [0.05, 0.1) is 20.8 Å². The fraction of sp³-hybridized carbons (Fsp3) is 0.333. The van der Waals surface area contributed by atoms with Crippen LogP contribution in [0.4, 0.5) is 8.78 Å². The summed E-state index contributed by atoms with van der Waals surface area (Å²) in [6.45, 7) is -4.68. The molecule has 2 aromatic carbocycles. The average molecular weight is 587 g/mol. The third kappa shape index (κ3) is 6.65. The van der Waals surface area contributed by atoms with Crippen LogP contribution in [0.2, 0.25) is 0 Å². The number of aliphatic hydroxyl groups excluding tert-OH is 1. The zero-order valence-corrected chi connectivity index (χ0v) is 22.4. The minimum atomic E-state index is -3.83. The summed E-state index contributed by atoms with van der Waals surface area (Å²) in [7, 11) is 2.98. The van der Waals surface area contributed by atoms with Crippen molar-refractivity contribution in [2.24, 2.45) is 0 Å². The van der Waals surface area contributed by atoms with Crippen molar-refractivity contribution in [1.82, 2.24) is 9.55 Å². The molecule has 15 heteroatoms. The second-order valence-corrected chi connectivity index (χ2v) is 11.3. The van der Waals surface area contributed by atoms with Gasteiger partial charge in [-0.3, -0.25) is 18.9 Å². The number of alkyl halides is 2. The molecule has 0 radical (unpaired) electrons. The number of hydrogen-bond acceptors (Lipinski definition) is 10. The van der Waals surface area contributed by atoms with Gasteiger partial charge < -0.3 is 28.4 Å². The van der Waals surface area contributed by atoms with Crippen LogP contribution in [-0.4, -0.2) is 53.6 Å². The smallest absolute Gasteiger partial charge is 0.435 e. The van der Waals surface area contributed by atoms with Crippen LogP contribution in [0.25, 0.3) is 0 Å². The largest absolute Gasteiger partial charge is 0.497 e. The lowest BCUT2D eigenvalue weighted by Crippen LogP contribution is -2.43. The van der Waals surface area contributed by atoms with E-state index in [0.29, 0.717) is 11.5 Å². The third-order valence-corrected chi connectivity index (χ3v) is 7.86. The van der Waals surface area contributed by atoms with E-state index in [1.165, 1.54) is 38.5 Å². The molecule has 0 aliphatic carbocycles. The highest BCUT2D eigenvalue weighted by Gasteiger charge is 2.54. The molecule has 0 spiro atoms. The minimum absolute atomic E-state index is 0.226. The molecule has 0 saturated carbocycles. The maximum atomic E-state index is 14.4. The van der Waals surface area contributed by atoms with E-state index in [1.807, 2.05) is 4.98 Å². The Morgan fingerprint density at radius 2 is 1.54 bits per heavy atom. The molecule has 39 heavy (non-hydrogen) atoms. The van der Waals surface area contributed by atoms with Gasteiger partial charge >= 0.3 is 12.4 Å². The Hall–Kier alpha value is -3.29. The van der Waals surface area contributed by atoms with E-state index in [1.54, 1.807) is 24.3 Å². The lowest BCUT2D eigenvalue weighted by Gasteiger charge is -2.31. The molecule has 0 bridgehead atoms. The topological polar surface area (TPSA) is 130 Å². The van der Waals surface area contributed by atoms with Crippen LogP contribution in [0, 0.1) is 0 Å². The predicted molar refractivity (Wildman–Crippen MR) is 138 cm³/mol. The molecule has 1 aliphatic rings. The van der Waals surface area contributed by atoms with E-state index < -0.39 is 55.4 Å². The van der Waals surface area contributed by atoms with Crippen molar-refractivity contribution < 1.29 is 41.7 Å². The maximum absolute atomic E-state index is 14.4. The first-order valence-corrected chi connectivity index (χ1v) is 14.0. The van der Waals surface area contributed by atoms with Crippen molar-refractivity contribution >= 4 is 18.5 Å². The monoisotopic (exact) mass is 586 g/mol. The van der Waals surface area contributed by atoms with Crippen LogP contribution in [0.5, 0.6) is 23.0 Å². The first-order chi connectivity index (χ1) is 18.6. The first kappa shape index (κ1) is 28.7. The Bertz CT molecular complexity index is 1380. The summed E-state index contributed by atoms with van der Waals surface area (Å²) in [6.07, 6.45) is -5.78. The second kappa shape index (κ2) is 11.8. The maximum Gasteiger partial charge on any atom is 0.435 e. The van der Waals surface area contributed by atoms with Gasteiger partial charge in [0.1, 0.15) is 29.1 Å². The van der Waals surface area contributed by atoms with Gasteiger partial charge in [-0.1, -0.05) is 0 Å². The Balaban J connectivity index is 1.60. The average Bonchev–Trinajstić information content (AvgIpc) is 3.26. The number of halogens is 2. The number of aliphatic hydroxyl groups is 1. The van der Waals surface area contributed by atoms with Gasteiger partial charge in [-0.15, -0.1) is 0 Å². The van der Waals surface area contributed by atoms with Gasteiger partial charge in [0.2, 0.25) is 0 Å². The van der Waals surface area contributed by atoms with E-state index >= 15 is 0 Å². The van der Waals surface area contributed by atoms with Gasteiger partial charge in [-0.25, -0.2) is 13.6 Å². The molecule has 3 atom stereocenters. The van der Waals surface area contributed by atoms with Gasteiger partial charge in [-0.2, -0.15) is 0 Å². The van der Waals surface area contributed by atoms with Crippen LogP contribution in [0.3, 0.4) is 0 Å². The summed E-state index contributed by atoms with van der Waals surface area (Å²) in [6, 6.07) is 13.6. The molecule has 210 valence electrons. The minimum Gasteiger partial charge on any atom is -0.497 e. The number of nitrogens with zero attached hydrogens (tertiary/aromatic N) is 1. The van der Waals surface area contributed by atoms with Crippen LogP contribution in [0.15, 0.2) is 70.4 Å². The number of methoxy groups -OCH3 is 2. The standard InChI is InChI=1S/C24H25F2N2O9PS/c1-32-15-3-7-17(8-4-15)36-38(39,37-18-9-5-16(33-2)6-10-18)34-14-24(22(25)26)13-19(29)21(35-24)28-12-11-20(30)27-23(28)31/h3-12,19,21-22,29H,13-14H2,1-2H3,(H,27,30,31)/t19-,21-,24+/m1/s1. The lowest BCUT2D eigenvalue weighted by molar-refractivity contribution is -0.170. The molecule has 0 amide bonds. The fourth-order valence-electron chi connectivity index (χ4n) is 3.78. The number of benzene rings is 2. The summed E-state index contributed by atoms with van der Waals surface area (Å²) in [4.78, 5) is 25.6. The Kier molecular flexibility index (Phi) is 8.72. The number of aromatic nitrogens is 2. The first-order valence-electron chi connectivity index (χ1n) is 11.4. The molecular weight excluding hydrogens is 561 g/mol. The quantitative estimate of drug-likeness (QED) is 0.323. The molecule has 1 aromatic heterocycles. The van der Waals surface area contributed by atoms with Gasteiger partial charge in [0, 0.05) is 30.5 Å². The number of ether oxygens (including phenoxy) is 3. The Morgan fingerprint density at radius 3 is 2.00 bits per heavy atom. The molecule has 1 aliphatic heterocycles. The number of H-pyrrole nitrogens is 1. The zero-order chi connectivity index (χ0) is 28.2. The van der Waals surface area contributed by atoms with Crippen LogP contribution in [0.1, 0.15) is 12.6 Å². The van der Waals surface area contributed by atoms with Gasteiger partial charge in [0.25, 0.3) is 12.0 Å². The molecule has 3 aromatic rings. The predicted octanol–water partition coefficient (Wildman–Crippen LogP) is 3.24. The third-order valence-electron chi connectivity index (χ3n) is 5.78. The van der Waals surface area contributed by atoms with Crippen molar-refractivity contribution in [1.29, 1.82) is 0 Å². The van der Waals surface area contributed by atoms with Gasteiger partial charge in [-0.05, 0) is 48.5 Å². The van der Waals surface area contributed by atoms with Crippen molar-refractivity contribution in [2.45, 2.75) is 30.8 Å². The van der Waals surface area contributed by atoms with E-state index in [4.69, 9.17) is 39.6 Å². The van der Waals surface area contributed by atoms with E-state index in [0.717, 1.165) is 16.8 Å². The highest BCUT2D eigenvalue weighted by atomic mass is 32.5. The summed E-state index contributed by atoms with van der Waals surface area (Å²) in [5.74, 6) is 1.54. The molecule has 1 saturated heterocycles. The molecule has 2 heterocycles. The van der Waals surface area contributed by atoms with Crippen LogP contribution < -0.4 is 29.8 Å². The summed E-state index contributed by atoms with van der Waals surface area (Å²) in [5.41, 5.74) is -4.01. The molecule has 0 unspecified atom stereocenters. The summed E-state index contributed by atoms with van der Waals surface area (Å²) < 4.78 is 62.9. The van der Waals surface area contributed by atoms with E-state index in [2.05, 4.69) is 0 Å². The second-order valence-electron chi connectivity index (χ2n) is 8.42. The Labute approximate surface area is 226 Å². The highest BCUT2D eigenvalue weighted by Crippen LogP contribution is 2.52. The fourth-order valence-corrected chi connectivity index (χ4v) is 5.73. The van der Waals surface area contributed by atoms with E-state index in [9.17, 15) is 23.5 Å². The van der Waals surface area contributed by atoms with Crippen LogP contribution in [-0.2, 0) is 21.1 Å². The highest BCUT2D eigenvalue weighted by molar-refractivity contribution is 8.07. The Morgan fingerprint density at radius 1 is 1.03 bits per heavy atom. The zero-order valence-electron chi connectivity index (χ0n) is 20.7. The summed E-state index contributed by atoms with van der Waals surface area (Å²) in [5, 5.41) is 10.6. The van der Waals surface area contributed by atoms with Crippen molar-refractivity contribution in [2.75, 3.05) is 20.8 Å². The SMILES string of the molecule is COc1ccc(OP(=S)(OC[C@]2(C(F)F)C[C@@H](O)[C@H](n3ccc(=O)[nH]c3=O)O2)Oc2ccc(OC)cc2)cc1. The van der Waals surface area contributed by atoms with Crippen LogP contribution >= 0.6 is 6.72 Å². The molecule has 2 N–H and O–H groups in total. The van der Waals surface area contributed by atoms with Crippen molar-refractivity contribution in [3.8, 4) is 23.0 Å². The van der Waals surface area contributed by atoms with Gasteiger partial charge in [0.15, 0.2) is 11.8 Å².